The van der Waals surface area contributed by atoms with Gasteiger partial charge in [-0.3, -0.25) is 4.90 Å². The molecule has 0 amide bonds. The summed E-state index contributed by atoms with van der Waals surface area (Å²) in [5.41, 5.74) is 6.29. The topological polar surface area (TPSA) is 41.7 Å². The van der Waals surface area contributed by atoms with E-state index in [0.717, 1.165) is 32.8 Å². The second kappa shape index (κ2) is 6.33. The van der Waals surface area contributed by atoms with Crippen LogP contribution >= 0.6 is 0 Å². The van der Waals surface area contributed by atoms with E-state index in [4.69, 9.17) is 10.5 Å². The van der Waals surface area contributed by atoms with Crippen LogP contribution in [0.15, 0.2) is 0 Å². The van der Waals surface area contributed by atoms with Gasteiger partial charge < -0.3 is 15.4 Å². The van der Waals surface area contributed by atoms with Crippen LogP contribution in [0.5, 0.6) is 0 Å². The molecule has 2 aliphatic rings. The van der Waals surface area contributed by atoms with E-state index in [0.29, 0.717) is 6.10 Å². The van der Waals surface area contributed by atoms with Crippen molar-refractivity contribution in [2.75, 3.05) is 46.9 Å². The summed E-state index contributed by atoms with van der Waals surface area (Å²) < 4.78 is 5.86. The summed E-state index contributed by atoms with van der Waals surface area (Å²) in [5, 5.41) is 0. The van der Waals surface area contributed by atoms with Crippen LogP contribution in [-0.2, 0) is 4.74 Å². The second-order valence-corrected chi connectivity index (χ2v) is 6.10. The molecule has 2 rings (SSSR count). The van der Waals surface area contributed by atoms with Crippen molar-refractivity contribution in [3.63, 3.8) is 0 Å². The maximum absolute atomic E-state index is 6.09. The fourth-order valence-electron chi connectivity index (χ4n) is 3.23. The molecule has 0 aromatic rings. The molecule has 2 fully saturated rings. The maximum Gasteiger partial charge on any atom is 0.0702 e. The molecular formula is C14H29N3O. The lowest BCUT2D eigenvalue weighted by atomic mass is 9.85. The molecule has 2 saturated heterocycles. The molecule has 0 aromatic carbocycles. The molecular weight excluding hydrogens is 226 g/mol. The van der Waals surface area contributed by atoms with Crippen molar-refractivity contribution in [3.8, 4) is 0 Å². The molecule has 2 heterocycles. The first-order chi connectivity index (χ1) is 8.66. The minimum atomic E-state index is 0.202. The molecule has 2 N–H and O–H groups in total. The highest BCUT2D eigenvalue weighted by Gasteiger charge is 2.37. The van der Waals surface area contributed by atoms with Crippen molar-refractivity contribution in [3.05, 3.63) is 0 Å². The van der Waals surface area contributed by atoms with Crippen molar-refractivity contribution >= 4 is 0 Å². The Labute approximate surface area is 111 Å². The molecule has 18 heavy (non-hydrogen) atoms. The summed E-state index contributed by atoms with van der Waals surface area (Å²) in [6.45, 7) is 5.07. The summed E-state index contributed by atoms with van der Waals surface area (Å²) >= 11 is 0. The lowest BCUT2D eigenvalue weighted by Crippen LogP contribution is -2.59. The van der Waals surface area contributed by atoms with Crippen molar-refractivity contribution in [2.45, 2.75) is 43.7 Å². The SMILES string of the molecule is CN1CCC(CN)(N(C)CC2CCCCO2)CC1. The van der Waals surface area contributed by atoms with Gasteiger partial charge in [-0.05, 0) is 59.3 Å². The number of rotatable bonds is 4. The number of piperidine rings is 1. The minimum absolute atomic E-state index is 0.202. The molecule has 106 valence electrons. The van der Waals surface area contributed by atoms with Crippen LogP contribution in [0, 0.1) is 0 Å². The van der Waals surface area contributed by atoms with Gasteiger partial charge in [-0.25, -0.2) is 0 Å². The third-order valence-corrected chi connectivity index (χ3v) is 4.86. The lowest BCUT2D eigenvalue weighted by Gasteiger charge is -2.47. The van der Waals surface area contributed by atoms with Gasteiger partial charge in [-0.15, -0.1) is 0 Å². The first kappa shape index (κ1) is 14.3. The molecule has 0 spiro atoms. The summed E-state index contributed by atoms with van der Waals surface area (Å²) in [6.07, 6.45) is 6.55. The first-order valence-corrected chi connectivity index (χ1v) is 7.38. The largest absolute Gasteiger partial charge is 0.377 e. The number of hydrogen-bond donors (Lipinski definition) is 1. The molecule has 2 aliphatic heterocycles. The van der Waals surface area contributed by atoms with E-state index in [1.807, 2.05) is 0 Å². The maximum atomic E-state index is 6.09. The van der Waals surface area contributed by atoms with Gasteiger partial charge in [0.2, 0.25) is 0 Å². The molecule has 4 nitrogen and oxygen atoms in total. The van der Waals surface area contributed by atoms with Crippen molar-refractivity contribution in [2.24, 2.45) is 5.73 Å². The van der Waals surface area contributed by atoms with Crippen LogP contribution in [0.2, 0.25) is 0 Å². The van der Waals surface area contributed by atoms with Crippen LogP contribution in [0.1, 0.15) is 32.1 Å². The number of nitrogens with two attached hydrogens (primary N) is 1. The van der Waals surface area contributed by atoms with Gasteiger partial charge in [0, 0.05) is 25.2 Å². The van der Waals surface area contributed by atoms with Gasteiger partial charge in [0.1, 0.15) is 0 Å². The number of likely N-dealkylation sites (tertiary alicyclic amines) is 1. The smallest absolute Gasteiger partial charge is 0.0702 e. The van der Waals surface area contributed by atoms with Crippen LogP contribution in [-0.4, -0.2) is 68.3 Å². The molecule has 0 saturated carbocycles. The standard InChI is InChI=1S/C14H29N3O/c1-16-8-6-14(12-15,7-9-16)17(2)11-13-5-3-4-10-18-13/h13H,3-12,15H2,1-2H3. The predicted octanol–water partition coefficient (Wildman–Crippen LogP) is 0.910. The number of hydrogen-bond acceptors (Lipinski definition) is 4. The van der Waals surface area contributed by atoms with E-state index >= 15 is 0 Å². The molecule has 1 unspecified atom stereocenters. The Morgan fingerprint density at radius 3 is 2.61 bits per heavy atom. The highest BCUT2D eigenvalue weighted by atomic mass is 16.5. The second-order valence-electron chi connectivity index (χ2n) is 6.10. The fourth-order valence-corrected chi connectivity index (χ4v) is 3.23. The van der Waals surface area contributed by atoms with Gasteiger partial charge in [0.25, 0.3) is 0 Å². The molecule has 0 radical (unpaired) electrons. The highest BCUT2D eigenvalue weighted by molar-refractivity contribution is 4.95. The Bertz CT molecular complexity index is 245. The first-order valence-electron chi connectivity index (χ1n) is 7.38. The molecule has 4 heteroatoms. The molecule has 1 atom stereocenters. The normalized spacial score (nSPS) is 29.7. The number of likely N-dealkylation sites (N-methyl/N-ethyl adjacent to an activating group) is 1. The van der Waals surface area contributed by atoms with E-state index < -0.39 is 0 Å². The number of ether oxygens (including phenoxy) is 1. The van der Waals surface area contributed by atoms with Gasteiger partial charge in [0.05, 0.1) is 6.10 Å². The van der Waals surface area contributed by atoms with E-state index in [-0.39, 0.29) is 5.54 Å². The Hall–Kier alpha value is -0.160. The average Bonchev–Trinajstić information content (AvgIpc) is 2.41. The fraction of sp³-hybridized carbons (Fsp3) is 1.00. The monoisotopic (exact) mass is 255 g/mol. The Morgan fingerprint density at radius 1 is 1.33 bits per heavy atom. The van der Waals surface area contributed by atoms with Crippen LogP contribution in [0.3, 0.4) is 0 Å². The van der Waals surface area contributed by atoms with Crippen LogP contribution in [0.25, 0.3) is 0 Å². The lowest BCUT2D eigenvalue weighted by molar-refractivity contribution is -0.0342. The summed E-state index contributed by atoms with van der Waals surface area (Å²) in [6, 6.07) is 0. The van der Waals surface area contributed by atoms with Crippen molar-refractivity contribution in [1.82, 2.24) is 9.80 Å². The zero-order valence-electron chi connectivity index (χ0n) is 12.0. The number of nitrogens with zero attached hydrogens (tertiary/aromatic N) is 2. The Kier molecular flexibility index (Phi) is 5.01. The van der Waals surface area contributed by atoms with Crippen molar-refractivity contribution < 1.29 is 4.74 Å². The van der Waals surface area contributed by atoms with Crippen molar-refractivity contribution in [1.29, 1.82) is 0 Å². The third-order valence-electron chi connectivity index (χ3n) is 4.86. The molecule has 0 bridgehead atoms. The zero-order chi connectivity index (χ0) is 13.0. The van der Waals surface area contributed by atoms with E-state index in [1.54, 1.807) is 0 Å². The van der Waals surface area contributed by atoms with Gasteiger partial charge in [-0.1, -0.05) is 0 Å². The van der Waals surface area contributed by atoms with Crippen LogP contribution in [0.4, 0.5) is 0 Å². The predicted molar refractivity (Wildman–Crippen MR) is 74.7 cm³/mol. The van der Waals surface area contributed by atoms with Gasteiger partial charge in [-0.2, -0.15) is 0 Å². The van der Waals surface area contributed by atoms with E-state index in [1.165, 1.54) is 32.1 Å². The minimum Gasteiger partial charge on any atom is -0.377 e. The third kappa shape index (κ3) is 3.23. The van der Waals surface area contributed by atoms with E-state index in [2.05, 4.69) is 23.9 Å². The summed E-state index contributed by atoms with van der Waals surface area (Å²) in [5.74, 6) is 0. The van der Waals surface area contributed by atoms with E-state index in [9.17, 15) is 0 Å². The van der Waals surface area contributed by atoms with Gasteiger partial charge in [0.15, 0.2) is 0 Å². The average molecular weight is 255 g/mol. The zero-order valence-corrected chi connectivity index (χ0v) is 12.0. The van der Waals surface area contributed by atoms with Gasteiger partial charge >= 0.3 is 0 Å². The van der Waals surface area contributed by atoms with Crippen LogP contribution < -0.4 is 5.73 Å². The highest BCUT2D eigenvalue weighted by Crippen LogP contribution is 2.27. The molecule has 0 aromatic heterocycles. The Balaban J connectivity index is 1.90. The molecule has 0 aliphatic carbocycles. The summed E-state index contributed by atoms with van der Waals surface area (Å²) in [4.78, 5) is 4.88. The summed E-state index contributed by atoms with van der Waals surface area (Å²) in [7, 11) is 4.43. The Morgan fingerprint density at radius 2 is 2.06 bits per heavy atom. The quantitative estimate of drug-likeness (QED) is 0.811.